The van der Waals surface area contributed by atoms with Crippen molar-refractivity contribution in [2.45, 2.75) is 39.3 Å². The van der Waals surface area contributed by atoms with Crippen molar-refractivity contribution in [1.29, 1.82) is 0 Å². The Balaban J connectivity index is 1.81. The summed E-state index contributed by atoms with van der Waals surface area (Å²) in [5.74, 6) is 0.0415. The molecule has 0 atom stereocenters. The van der Waals surface area contributed by atoms with Crippen molar-refractivity contribution in [2.24, 2.45) is 0 Å². The lowest BCUT2D eigenvalue weighted by molar-refractivity contribution is -0.118. The van der Waals surface area contributed by atoms with Crippen molar-refractivity contribution in [3.8, 4) is 5.75 Å². The molecule has 0 aliphatic carbocycles. The molecule has 2 heterocycles. The number of fused-ring (bicyclic) bond motifs is 1. The Morgan fingerprint density at radius 3 is 2.69 bits per heavy atom. The van der Waals surface area contributed by atoms with Crippen molar-refractivity contribution in [3.05, 3.63) is 80.6 Å². The zero-order chi connectivity index (χ0) is 24.9. The maximum absolute atomic E-state index is 13.7. The number of nitrogens with one attached hydrogen (secondary N) is 1. The van der Waals surface area contributed by atoms with Crippen molar-refractivity contribution in [1.82, 2.24) is 14.7 Å². The molecule has 10 nitrogen and oxygen atoms in total. The van der Waals surface area contributed by atoms with Crippen LogP contribution in [0.5, 0.6) is 5.75 Å². The summed E-state index contributed by atoms with van der Waals surface area (Å²) >= 11 is 0. The highest BCUT2D eigenvalue weighted by Crippen LogP contribution is 2.26. The third kappa shape index (κ3) is 4.81. The van der Waals surface area contributed by atoms with Gasteiger partial charge in [-0.05, 0) is 24.6 Å². The molecule has 0 aliphatic heterocycles. The topological polar surface area (TPSA) is 136 Å². The normalized spacial score (nSPS) is 11.0. The molecule has 2 aromatic heterocycles. The number of rotatable bonds is 9. The lowest BCUT2D eigenvalue weighted by atomic mass is 10.1. The molecule has 4 rings (SSSR count). The van der Waals surface area contributed by atoms with Gasteiger partial charge in [-0.15, -0.1) is 0 Å². The van der Waals surface area contributed by atoms with Gasteiger partial charge in [0.2, 0.25) is 5.91 Å². The highest BCUT2D eigenvalue weighted by Gasteiger charge is 2.27. The number of para-hydroxylation sites is 2. The first-order chi connectivity index (χ1) is 16.9. The summed E-state index contributed by atoms with van der Waals surface area (Å²) in [7, 11) is 1.53. The summed E-state index contributed by atoms with van der Waals surface area (Å²) in [6.07, 6.45) is 1.36. The van der Waals surface area contributed by atoms with Crippen LogP contribution in [0.15, 0.2) is 62.6 Å². The molecule has 10 heteroatoms. The van der Waals surface area contributed by atoms with E-state index in [1.807, 2.05) is 31.2 Å². The number of methoxy groups -OCH3 is 1. The van der Waals surface area contributed by atoms with E-state index < -0.39 is 17.2 Å². The summed E-state index contributed by atoms with van der Waals surface area (Å²) in [4.78, 5) is 42.7. The van der Waals surface area contributed by atoms with Gasteiger partial charge in [-0.2, -0.15) is 0 Å². The number of aromatic amines is 1. The number of carbonyl (C=O) groups excluding carboxylic acids is 1. The minimum absolute atomic E-state index is 0.00209. The molecule has 182 valence electrons. The van der Waals surface area contributed by atoms with E-state index in [0.29, 0.717) is 40.9 Å². The first kappa shape index (κ1) is 23.8. The van der Waals surface area contributed by atoms with E-state index in [1.165, 1.54) is 16.6 Å². The maximum atomic E-state index is 13.7. The van der Waals surface area contributed by atoms with Gasteiger partial charge >= 0.3 is 5.69 Å². The second-order valence-electron chi connectivity index (χ2n) is 8.09. The fourth-order valence-electron chi connectivity index (χ4n) is 3.98. The number of amides is 1. The summed E-state index contributed by atoms with van der Waals surface area (Å²) in [5, 5.41) is 4.75. The molecule has 0 aliphatic rings. The van der Waals surface area contributed by atoms with E-state index in [9.17, 15) is 14.4 Å². The third-order valence-electron chi connectivity index (χ3n) is 5.81. The first-order valence-corrected chi connectivity index (χ1v) is 11.3. The average Bonchev–Trinajstić information content (AvgIpc) is 3.26. The van der Waals surface area contributed by atoms with Crippen LogP contribution in [0.1, 0.15) is 31.0 Å². The van der Waals surface area contributed by atoms with Crippen molar-refractivity contribution >= 4 is 28.4 Å². The van der Waals surface area contributed by atoms with E-state index in [2.05, 4.69) is 10.1 Å². The molecule has 2 aromatic carbocycles. The number of nitrogens with two attached hydrogens (primary N) is 1. The smallest absolute Gasteiger partial charge is 0.330 e. The lowest BCUT2D eigenvalue weighted by Crippen LogP contribution is -2.41. The lowest BCUT2D eigenvalue weighted by Gasteiger charge is -2.25. The zero-order valence-corrected chi connectivity index (χ0v) is 19.6. The number of aromatic nitrogens is 3. The van der Waals surface area contributed by atoms with Crippen LogP contribution in [0.25, 0.3) is 11.0 Å². The number of carbonyl (C=O) groups is 1. The van der Waals surface area contributed by atoms with E-state index in [-0.39, 0.29) is 24.5 Å². The number of hydrogen-bond donors (Lipinski definition) is 2. The van der Waals surface area contributed by atoms with E-state index in [4.69, 9.17) is 15.0 Å². The predicted octanol–water partition coefficient (Wildman–Crippen LogP) is 2.84. The summed E-state index contributed by atoms with van der Waals surface area (Å²) in [6.45, 7) is 2.29. The number of H-pyrrole nitrogens is 1. The fraction of sp³-hybridized carbons (Fsp3) is 0.280. The van der Waals surface area contributed by atoms with Gasteiger partial charge in [0.25, 0.3) is 5.56 Å². The summed E-state index contributed by atoms with van der Waals surface area (Å²) < 4.78 is 12.1. The number of hydrogen-bond acceptors (Lipinski definition) is 7. The highest BCUT2D eigenvalue weighted by atomic mass is 16.5. The van der Waals surface area contributed by atoms with Gasteiger partial charge in [-0.3, -0.25) is 24.0 Å². The molecular formula is C25H27N5O5. The molecule has 4 aromatic rings. The van der Waals surface area contributed by atoms with Gasteiger partial charge in [0.1, 0.15) is 17.3 Å². The SMILES string of the molecule is CCCCn1c(N)c(N(Cc2ccccc2OC)C(=O)Cc2noc3ccccc23)c(=O)[nH]c1=O. The second-order valence-corrected chi connectivity index (χ2v) is 8.09. The molecule has 0 unspecified atom stereocenters. The van der Waals surface area contributed by atoms with Gasteiger partial charge in [0.05, 0.1) is 20.1 Å². The van der Waals surface area contributed by atoms with Crippen LogP contribution in [0.3, 0.4) is 0 Å². The number of benzene rings is 2. The minimum Gasteiger partial charge on any atom is -0.496 e. The van der Waals surface area contributed by atoms with Crippen LogP contribution < -0.4 is 26.6 Å². The molecule has 1 amide bonds. The average molecular weight is 478 g/mol. The Labute approximate surface area is 200 Å². The highest BCUT2D eigenvalue weighted by molar-refractivity contribution is 5.98. The number of nitrogens with zero attached hydrogens (tertiary/aromatic N) is 3. The van der Waals surface area contributed by atoms with Crippen molar-refractivity contribution in [3.63, 3.8) is 0 Å². The van der Waals surface area contributed by atoms with Gasteiger partial charge < -0.3 is 15.0 Å². The van der Waals surface area contributed by atoms with Crippen LogP contribution in [-0.4, -0.2) is 27.7 Å². The molecule has 35 heavy (non-hydrogen) atoms. The van der Waals surface area contributed by atoms with Crippen LogP contribution in [0.2, 0.25) is 0 Å². The Hall–Kier alpha value is -4.34. The van der Waals surface area contributed by atoms with Gasteiger partial charge in [-0.25, -0.2) is 4.79 Å². The minimum atomic E-state index is -0.742. The maximum Gasteiger partial charge on any atom is 0.330 e. The summed E-state index contributed by atoms with van der Waals surface area (Å²) in [5.41, 5.74) is 6.54. The molecule has 0 bridgehead atoms. The predicted molar refractivity (Wildman–Crippen MR) is 133 cm³/mol. The molecule has 0 spiro atoms. The Morgan fingerprint density at radius 1 is 1.17 bits per heavy atom. The quantitative estimate of drug-likeness (QED) is 0.378. The standard InChI is InChI=1S/C25H27N5O5/c1-3-4-13-29-23(26)22(24(32)27-25(29)33)30(15-16-9-5-7-11-19(16)34-2)21(31)14-18-17-10-6-8-12-20(17)35-28-18/h5-12H,3-4,13-15,26H2,1-2H3,(H,27,32,33). The molecule has 0 radical (unpaired) electrons. The molecule has 0 fully saturated rings. The number of nitrogen functional groups attached to an aromatic ring is 1. The van der Waals surface area contributed by atoms with Gasteiger partial charge in [-0.1, -0.05) is 48.8 Å². The van der Waals surface area contributed by atoms with Crippen LogP contribution in [-0.2, 0) is 24.3 Å². The van der Waals surface area contributed by atoms with E-state index in [0.717, 1.165) is 6.42 Å². The molecule has 3 N–H and O–H groups in total. The largest absolute Gasteiger partial charge is 0.496 e. The van der Waals surface area contributed by atoms with Crippen molar-refractivity contribution < 1.29 is 14.1 Å². The van der Waals surface area contributed by atoms with Gasteiger partial charge in [0.15, 0.2) is 11.3 Å². The van der Waals surface area contributed by atoms with Crippen LogP contribution >= 0.6 is 0 Å². The van der Waals surface area contributed by atoms with Crippen LogP contribution in [0.4, 0.5) is 11.5 Å². The monoisotopic (exact) mass is 477 g/mol. The number of anilines is 2. The van der Waals surface area contributed by atoms with Crippen molar-refractivity contribution in [2.75, 3.05) is 17.7 Å². The van der Waals surface area contributed by atoms with Gasteiger partial charge in [0, 0.05) is 17.5 Å². The first-order valence-electron chi connectivity index (χ1n) is 11.3. The Kier molecular flexibility index (Phi) is 7.00. The number of ether oxygens (including phenoxy) is 1. The van der Waals surface area contributed by atoms with Crippen LogP contribution in [0, 0.1) is 0 Å². The zero-order valence-electron chi connectivity index (χ0n) is 19.6. The fourth-order valence-corrected chi connectivity index (χ4v) is 3.98. The third-order valence-corrected chi connectivity index (χ3v) is 5.81. The van der Waals surface area contributed by atoms with E-state index >= 15 is 0 Å². The Bertz CT molecular complexity index is 1470. The molecule has 0 saturated carbocycles. The summed E-state index contributed by atoms with van der Waals surface area (Å²) in [6, 6.07) is 14.4. The molecule has 0 saturated heterocycles. The Morgan fingerprint density at radius 2 is 1.91 bits per heavy atom. The molecular weight excluding hydrogens is 450 g/mol. The number of unbranched alkanes of at least 4 members (excludes halogenated alkanes) is 1. The van der Waals surface area contributed by atoms with E-state index in [1.54, 1.807) is 24.3 Å². The second kappa shape index (κ2) is 10.3.